The van der Waals surface area contributed by atoms with E-state index in [0.29, 0.717) is 22.6 Å². The van der Waals surface area contributed by atoms with Gasteiger partial charge in [0.05, 0.1) is 10.6 Å². The number of carbonyl (C=O) groups is 1. The molecule has 0 aliphatic carbocycles. The van der Waals surface area contributed by atoms with Crippen molar-refractivity contribution in [1.82, 2.24) is 0 Å². The van der Waals surface area contributed by atoms with E-state index < -0.39 is 17.7 Å². The number of carbonyl (C=O) groups excluding carboxylic acids is 1. The second-order valence-electron chi connectivity index (χ2n) is 8.03. The lowest BCUT2D eigenvalue weighted by Crippen LogP contribution is -2.23. The average molecular weight is 435 g/mol. The molecule has 0 amide bonds. The van der Waals surface area contributed by atoms with E-state index in [1.54, 1.807) is 12.1 Å². The molecule has 0 saturated carbocycles. The van der Waals surface area contributed by atoms with Gasteiger partial charge in [-0.25, -0.2) is 0 Å². The van der Waals surface area contributed by atoms with Crippen molar-refractivity contribution in [2.75, 3.05) is 0 Å². The van der Waals surface area contributed by atoms with E-state index in [1.165, 1.54) is 12.1 Å². The van der Waals surface area contributed by atoms with Gasteiger partial charge in [0.1, 0.15) is 5.78 Å². The Balaban J connectivity index is 2.19. The molecule has 3 aromatic rings. The molecule has 0 heterocycles. The number of rotatable bonds is 9. The van der Waals surface area contributed by atoms with Crippen molar-refractivity contribution in [1.29, 1.82) is 0 Å². The van der Waals surface area contributed by atoms with Gasteiger partial charge in [-0.2, -0.15) is 0 Å². The normalized spacial score (nSPS) is 12.5. The van der Waals surface area contributed by atoms with Crippen LogP contribution < -0.4 is 10.6 Å². The van der Waals surface area contributed by atoms with Crippen LogP contribution in [0.3, 0.4) is 0 Å². The molecule has 0 N–H and O–H groups in total. The summed E-state index contributed by atoms with van der Waals surface area (Å²) in [6.45, 7) is 3.96. The standard InChI is InChI=1S/C25H26NO4P/c1-19(2)17-22(27)18-25(20-13-15-21(16-14-20)26(28)29)31(30,23-9-5-3-6-10-23)24-11-7-4-8-12-24/h3-16,19,25H,17-18H2,1-2H3/t25-/m0/s1. The summed E-state index contributed by atoms with van der Waals surface area (Å²) in [5.74, 6) is 0.225. The summed E-state index contributed by atoms with van der Waals surface area (Å²) in [5, 5.41) is 12.5. The summed E-state index contributed by atoms with van der Waals surface area (Å²) in [7, 11) is -3.28. The van der Waals surface area contributed by atoms with Gasteiger partial charge >= 0.3 is 0 Å². The first-order valence-corrected chi connectivity index (χ1v) is 12.1. The molecule has 0 unspecified atom stereocenters. The van der Waals surface area contributed by atoms with Crippen LogP contribution in [0.5, 0.6) is 0 Å². The lowest BCUT2D eigenvalue weighted by molar-refractivity contribution is -0.384. The van der Waals surface area contributed by atoms with E-state index in [-0.39, 0.29) is 23.8 Å². The van der Waals surface area contributed by atoms with Gasteiger partial charge in [0.15, 0.2) is 7.14 Å². The SMILES string of the molecule is CC(C)CC(=O)C[C@@H](c1ccc([N+](=O)[O-])cc1)P(=O)(c1ccccc1)c1ccccc1. The zero-order valence-electron chi connectivity index (χ0n) is 17.7. The number of hydrogen-bond donors (Lipinski definition) is 0. The van der Waals surface area contributed by atoms with Gasteiger partial charge in [-0.1, -0.05) is 86.6 Å². The number of nitro groups is 1. The fourth-order valence-electron chi connectivity index (χ4n) is 3.84. The Morgan fingerprint density at radius 3 is 1.74 bits per heavy atom. The van der Waals surface area contributed by atoms with Crippen LogP contribution in [0.1, 0.15) is 37.9 Å². The summed E-state index contributed by atoms with van der Waals surface area (Å²) in [6, 6.07) is 24.5. The third-order valence-corrected chi connectivity index (χ3v) is 8.75. The van der Waals surface area contributed by atoms with Crippen molar-refractivity contribution >= 4 is 29.2 Å². The smallest absolute Gasteiger partial charge is 0.269 e. The minimum absolute atomic E-state index is 0.0328. The molecule has 3 aromatic carbocycles. The van der Waals surface area contributed by atoms with Gasteiger partial charge in [-0.05, 0) is 11.5 Å². The molecule has 160 valence electrons. The second kappa shape index (κ2) is 9.84. The zero-order chi connectivity index (χ0) is 22.4. The number of benzene rings is 3. The number of ketones is 1. The summed E-state index contributed by atoms with van der Waals surface area (Å²) in [4.78, 5) is 23.5. The molecule has 0 aromatic heterocycles. The van der Waals surface area contributed by atoms with Crippen LogP contribution >= 0.6 is 7.14 Å². The van der Waals surface area contributed by atoms with Crippen molar-refractivity contribution in [2.45, 2.75) is 32.3 Å². The van der Waals surface area contributed by atoms with Crippen LogP contribution in [0.2, 0.25) is 0 Å². The summed E-state index contributed by atoms with van der Waals surface area (Å²) < 4.78 is 14.9. The van der Waals surface area contributed by atoms with E-state index in [4.69, 9.17) is 0 Å². The quantitative estimate of drug-likeness (QED) is 0.247. The van der Waals surface area contributed by atoms with Crippen molar-refractivity contribution in [3.05, 3.63) is 101 Å². The van der Waals surface area contributed by atoms with Crippen LogP contribution in [-0.2, 0) is 9.36 Å². The Bertz CT molecular complexity index is 1040. The fraction of sp³-hybridized carbons (Fsp3) is 0.240. The Morgan fingerprint density at radius 2 is 1.32 bits per heavy atom. The Kier molecular flexibility index (Phi) is 7.19. The predicted octanol–water partition coefficient (Wildman–Crippen LogP) is 5.66. The highest BCUT2D eigenvalue weighted by Gasteiger charge is 2.39. The highest BCUT2D eigenvalue weighted by Crippen LogP contribution is 2.59. The topological polar surface area (TPSA) is 77.3 Å². The molecule has 0 aliphatic rings. The van der Waals surface area contributed by atoms with Crippen molar-refractivity contribution in [3.8, 4) is 0 Å². The van der Waals surface area contributed by atoms with Crippen LogP contribution in [0.4, 0.5) is 5.69 Å². The molecule has 0 fully saturated rings. The van der Waals surface area contributed by atoms with Crippen LogP contribution in [0.25, 0.3) is 0 Å². The molecule has 0 spiro atoms. The monoisotopic (exact) mass is 435 g/mol. The maximum Gasteiger partial charge on any atom is 0.269 e. The highest BCUT2D eigenvalue weighted by atomic mass is 31.2. The molecule has 1 atom stereocenters. The van der Waals surface area contributed by atoms with E-state index in [9.17, 15) is 19.5 Å². The minimum atomic E-state index is -3.28. The summed E-state index contributed by atoms with van der Waals surface area (Å²) >= 11 is 0. The maximum atomic E-state index is 14.9. The molecular weight excluding hydrogens is 409 g/mol. The van der Waals surface area contributed by atoms with Crippen LogP contribution in [-0.4, -0.2) is 10.7 Å². The first-order chi connectivity index (χ1) is 14.8. The maximum absolute atomic E-state index is 14.9. The van der Waals surface area contributed by atoms with Gasteiger partial charge < -0.3 is 4.57 Å². The molecule has 0 radical (unpaired) electrons. The number of nitrogens with zero attached hydrogens (tertiary/aromatic N) is 1. The summed E-state index contributed by atoms with van der Waals surface area (Å²) in [5.41, 5.74) is 0.0216. The van der Waals surface area contributed by atoms with Gasteiger partial charge in [0.25, 0.3) is 5.69 Å². The Labute approximate surface area is 182 Å². The number of nitro benzene ring substituents is 1. The molecule has 6 heteroatoms. The van der Waals surface area contributed by atoms with E-state index in [1.807, 2.05) is 74.5 Å². The molecule has 0 aliphatic heterocycles. The summed E-state index contributed by atoms with van der Waals surface area (Å²) in [6.07, 6.45) is 0.504. The Morgan fingerprint density at radius 1 is 0.839 bits per heavy atom. The lowest BCUT2D eigenvalue weighted by Gasteiger charge is -2.29. The third kappa shape index (κ3) is 5.18. The third-order valence-electron chi connectivity index (χ3n) is 5.26. The molecule has 31 heavy (non-hydrogen) atoms. The number of hydrogen-bond acceptors (Lipinski definition) is 4. The molecular formula is C25H26NO4P. The molecule has 5 nitrogen and oxygen atoms in total. The van der Waals surface area contributed by atoms with Gasteiger partial charge in [-0.3, -0.25) is 14.9 Å². The predicted molar refractivity (Wildman–Crippen MR) is 125 cm³/mol. The van der Waals surface area contributed by atoms with Crippen LogP contribution in [0, 0.1) is 16.0 Å². The minimum Gasteiger partial charge on any atom is -0.313 e. The second-order valence-corrected chi connectivity index (χ2v) is 11.0. The van der Waals surface area contributed by atoms with Crippen molar-refractivity contribution < 1.29 is 14.3 Å². The van der Waals surface area contributed by atoms with E-state index >= 15 is 0 Å². The van der Waals surface area contributed by atoms with Crippen molar-refractivity contribution in [3.63, 3.8) is 0 Å². The number of Topliss-reactive ketones (excluding diaryl/α,β-unsaturated/α-hetero) is 1. The molecule has 0 bridgehead atoms. The van der Waals surface area contributed by atoms with Gasteiger partial charge in [0.2, 0.25) is 0 Å². The highest BCUT2D eigenvalue weighted by molar-refractivity contribution is 7.79. The van der Waals surface area contributed by atoms with Gasteiger partial charge in [-0.15, -0.1) is 0 Å². The molecule has 0 saturated heterocycles. The van der Waals surface area contributed by atoms with E-state index in [2.05, 4.69) is 0 Å². The van der Waals surface area contributed by atoms with Gasteiger partial charge in [0, 0.05) is 35.6 Å². The lowest BCUT2D eigenvalue weighted by atomic mass is 10.0. The first kappa shape index (κ1) is 22.6. The molecule has 3 rings (SSSR count). The van der Waals surface area contributed by atoms with Crippen LogP contribution in [0.15, 0.2) is 84.9 Å². The van der Waals surface area contributed by atoms with Crippen molar-refractivity contribution in [2.24, 2.45) is 5.92 Å². The zero-order valence-corrected chi connectivity index (χ0v) is 18.6. The fourth-order valence-corrected chi connectivity index (χ4v) is 7.14. The van der Waals surface area contributed by atoms with E-state index in [0.717, 1.165) is 0 Å². The Hall–Kier alpha value is -3.04. The largest absolute Gasteiger partial charge is 0.313 e. The first-order valence-electron chi connectivity index (χ1n) is 10.3. The average Bonchev–Trinajstić information content (AvgIpc) is 2.78. The number of non-ortho nitro benzene ring substituents is 1.